The van der Waals surface area contributed by atoms with Crippen LogP contribution in [0.5, 0.6) is 0 Å². The van der Waals surface area contributed by atoms with Crippen LogP contribution >= 0.6 is 0 Å². The molecule has 0 aromatic heterocycles. The van der Waals surface area contributed by atoms with Crippen LogP contribution in [0.25, 0.3) is 0 Å². The lowest BCUT2D eigenvalue weighted by molar-refractivity contribution is -0.162. The van der Waals surface area contributed by atoms with E-state index in [2.05, 4.69) is 10.1 Å². The molecule has 4 N–H and O–H groups in total. The molecule has 0 radical (unpaired) electrons. The fourth-order valence-electron chi connectivity index (χ4n) is 1.53. The van der Waals surface area contributed by atoms with Crippen LogP contribution < -0.4 is 11.1 Å². The number of nitrogens with one attached hydrogen (secondary N) is 1. The molecular formula is C10H16N2O5. The summed E-state index contributed by atoms with van der Waals surface area (Å²) >= 11 is 0. The first-order valence-corrected chi connectivity index (χ1v) is 5.47. The van der Waals surface area contributed by atoms with Gasteiger partial charge in [-0.15, -0.1) is 0 Å². The number of ether oxygens (including phenoxy) is 1. The molecular weight excluding hydrogens is 228 g/mol. The number of aliphatic carboxylic acids is 1. The molecule has 7 heteroatoms. The number of carboxylic acids is 1. The highest BCUT2D eigenvalue weighted by atomic mass is 16.6. The number of rotatable bonds is 5. The van der Waals surface area contributed by atoms with Gasteiger partial charge in [0.2, 0.25) is 0 Å². The summed E-state index contributed by atoms with van der Waals surface area (Å²) in [6, 6.07) is -1.53. The number of esters is 2. The second-order valence-corrected chi connectivity index (χ2v) is 3.93. The van der Waals surface area contributed by atoms with Gasteiger partial charge in [-0.25, -0.2) is 9.59 Å². The van der Waals surface area contributed by atoms with Crippen molar-refractivity contribution in [3.05, 3.63) is 0 Å². The van der Waals surface area contributed by atoms with Crippen LogP contribution in [0.3, 0.4) is 0 Å². The van der Waals surface area contributed by atoms with Crippen LogP contribution in [0, 0.1) is 0 Å². The molecule has 1 aliphatic heterocycles. The third kappa shape index (κ3) is 4.49. The van der Waals surface area contributed by atoms with Crippen molar-refractivity contribution in [2.24, 2.45) is 5.73 Å². The van der Waals surface area contributed by atoms with Gasteiger partial charge < -0.3 is 20.9 Å². The molecule has 17 heavy (non-hydrogen) atoms. The van der Waals surface area contributed by atoms with Crippen LogP contribution in [0.15, 0.2) is 0 Å². The number of hydrogen-bond acceptors (Lipinski definition) is 6. The predicted octanol–water partition coefficient (Wildman–Crippen LogP) is -1.000. The standard InChI is InChI=1S/C10H16N2O5/c11-6(3-4-8(13)14)9(15)17-10(16)7-2-1-5-12-7/h6-7,12H,1-5,11H2,(H,13,14)/t6-,7-/m0/s1. The summed E-state index contributed by atoms with van der Waals surface area (Å²) in [4.78, 5) is 33.0. The van der Waals surface area contributed by atoms with Gasteiger partial charge in [0, 0.05) is 6.42 Å². The van der Waals surface area contributed by atoms with Crippen LogP contribution in [-0.4, -0.2) is 41.6 Å². The van der Waals surface area contributed by atoms with Gasteiger partial charge in [-0.1, -0.05) is 0 Å². The summed E-state index contributed by atoms with van der Waals surface area (Å²) in [5.74, 6) is -2.56. The largest absolute Gasteiger partial charge is 0.481 e. The number of nitrogens with two attached hydrogens (primary N) is 1. The first kappa shape index (κ1) is 13.6. The summed E-state index contributed by atoms with van der Waals surface area (Å²) < 4.78 is 4.57. The van der Waals surface area contributed by atoms with E-state index in [1.165, 1.54) is 0 Å². The van der Waals surface area contributed by atoms with Crippen molar-refractivity contribution in [1.82, 2.24) is 5.32 Å². The summed E-state index contributed by atoms with van der Waals surface area (Å²) in [5, 5.41) is 11.3. The van der Waals surface area contributed by atoms with E-state index in [9.17, 15) is 14.4 Å². The Morgan fingerprint density at radius 2 is 2.18 bits per heavy atom. The molecule has 0 aliphatic carbocycles. The molecule has 0 spiro atoms. The van der Waals surface area contributed by atoms with E-state index >= 15 is 0 Å². The van der Waals surface area contributed by atoms with E-state index in [1.54, 1.807) is 0 Å². The maximum atomic E-state index is 11.4. The van der Waals surface area contributed by atoms with Crippen molar-refractivity contribution in [3.8, 4) is 0 Å². The second-order valence-electron chi connectivity index (χ2n) is 3.93. The maximum absolute atomic E-state index is 11.4. The van der Waals surface area contributed by atoms with Gasteiger partial charge in [-0.3, -0.25) is 4.79 Å². The Bertz CT molecular complexity index is 312. The summed E-state index contributed by atoms with van der Waals surface area (Å²) in [6.07, 6.45) is 1.22. The molecule has 2 atom stereocenters. The average Bonchev–Trinajstić information content (AvgIpc) is 2.78. The fraction of sp³-hybridized carbons (Fsp3) is 0.700. The first-order valence-electron chi connectivity index (χ1n) is 5.47. The van der Waals surface area contributed by atoms with Crippen molar-refractivity contribution < 1.29 is 24.2 Å². The fourth-order valence-corrected chi connectivity index (χ4v) is 1.53. The molecule has 0 unspecified atom stereocenters. The minimum Gasteiger partial charge on any atom is -0.481 e. The third-order valence-corrected chi connectivity index (χ3v) is 2.52. The lowest BCUT2D eigenvalue weighted by Gasteiger charge is -2.12. The van der Waals surface area contributed by atoms with Crippen molar-refractivity contribution in [2.45, 2.75) is 37.8 Å². The normalized spacial score (nSPS) is 20.9. The maximum Gasteiger partial charge on any atom is 0.330 e. The molecule has 1 fully saturated rings. The highest BCUT2D eigenvalue weighted by Crippen LogP contribution is 2.07. The molecule has 1 heterocycles. The zero-order valence-electron chi connectivity index (χ0n) is 9.35. The smallest absolute Gasteiger partial charge is 0.330 e. The van der Waals surface area contributed by atoms with E-state index in [-0.39, 0.29) is 12.8 Å². The molecule has 7 nitrogen and oxygen atoms in total. The Hall–Kier alpha value is -1.47. The van der Waals surface area contributed by atoms with E-state index in [0.29, 0.717) is 6.42 Å². The Labute approximate surface area is 98.3 Å². The van der Waals surface area contributed by atoms with Gasteiger partial charge >= 0.3 is 17.9 Å². The quantitative estimate of drug-likeness (QED) is 0.419. The predicted molar refractivity (Wildman–Crippen MR) is 57.0 cm³/mol. The van der Waals surface area contributed by atoms with E-state index in [1.807, 2.05) is 0 Å². The summed E-state index contributed by atoms with van der Waals surface area (Å²) in [7, 11) is 0. The number of hydrogen-bond donors (Lipinski definition) is 3. The third-order valence-electron chi connectivity index (χ3n) is 2.52. The minimum atomic E-state index is -1.07. The zero-order valence-corrected chi connectivity index (χ0v) is 9.35. The topological polar surface area (TPSA) is 119 Å². The highest BCUT2D eigenvalue weighted by molar-refractivity contribution is 5.91. The van der Waals surface area contributed by atoms with E-state index in [0.717, 1.165) is 13.0 Å². The molecule has 96 valence electrons. The Kier molecular flexibility index (Phi) is 5.05. The molecule has 1 rings (SSSR count). The van der Waals surface area contributed by atoms with Crippen molar-refractivity contribution in [2.75, 3.05) is 6.54 Å². The van der Waals surface area contributed by atoms with Crippen LogP contribution in [0.4, 0.5) is 0 Å². The summed E-state index contributed by atoms with van der Waals surface area (Å²) in [5.41, 5.74) is 5.40. The lowest BCUT2D eigenvalue weighted by atomic mass is 10.2. The van der Waals surface area contributed by atoms with Crippen molar-refractivity contribution >= 4 is 17.9 Å². The molecule has 0 bridgehead atoms. The number of carbonyl (C=O) groups excluding carboxylic acids is 2. The molecule has 0 aromatic carbocycles. The second kappa shape index (κ2) is 6.31. The van der Waals surface area contributed by atoms with Gasteiger partial charge in [0.15, 0.2) is 0 Å². The van der Waals surface area contributed by atoms with E-state index in [4.69, 9.17) is 10.8 Å². The van der Waals surface area contributed by atoms with Crippen LogP contribution in [-0.2, 0) is 19.1 Å². The average molecular weight is 244 g/mol. The highest BCUT2D eigenvalue weighted by Gasteiger charge is 2.27. The molecule has 1 saturated heterocycles. The van der Waals surface area contributed by atoms with Gasteiger partial charge in [0.05, 0.1) is 0 Å². The van der Waals surface area contributed by atoms with Crippen LogP contribution in [0.2, 0.25) is 0 Å². The van der Waals surface area contributed by atoms with Crippen molar-refractivity contribution in [3.63, 3.8) is 0 Å². The zero-order chi connectivity index (χ0) is 12.8. The molecule has 1 aliphatic rings. The lowest BCUT2D eigenvalue weighted by Crippen LogP contribution is -2.39. The molecule has 0 aromatic rings. The molecule has 0 saturated carbocycles. The minimum absolute atomic E-state index is 0.0421. The Morgan fingerprint density at radius 1 is 1.47 bits per heavy atom. The number of carboxylic acid groups (broad SMARTS) is 1. The van der Waals surface area contributed by atoms with Gasteiger partial charge in [-0.2, -0.15) is 0 Å². The van der Waals surface area contributed by atoms with E-state index < -0.39 is 30.0 Å². The monoisotopic (exact) mass is 244 g/mol. The van der Waals surface area contributed by atoms with Gasteiger partial charge in [0.1, 0.15) is 12.1 Å². The SMILES string of the molecule is N[C@@H](CCC(=O)O)C(=O)OC(=O)[C@@H]1CCCN1. The van der Waals surface area contributed by atoms with Crippen molar-refractivity contribution in [1.29, 1.82) is 0 Å². The van der Waals surface area contributed by atoms with Gasteiger partial charge in [0.25, 0.3) is 0 Å². The first-order chi connectivity index (χ1) is 8.00. The summed E-state index contributed by atoms with van der Waals surface area (Å²) in [6.45, 7) is 0.721. The Morgan fingerprint density at radius 3 is 2.71 bits per heavy atom. The molecule has 0 amide bonds. The van der Waals surface area contributed by atoms with Gasteiger partial charge in [-0.05, 0) is 25.8 Å². The number of carbonyl (C=O) groups is 3. The van der Waals surface area contributed by atoms with Crippen LogP contribution in [0.1, 0.15) is 25.7 Å². The Balaban J connectivity index is 2.31.